The van der Waals surface area contributed by atoms with Gasteiger partial charge < -0.3 is 20.1 Å². The summed E-state index contributed by atoms with van der Waals surface area (Å²) in [6.07, 6.45) is 0. The zero-order chi connectivity index (χ0) is 14.3. The highest BCUT2D eigenvalue weighted by Crippen LogP contribution is 2.23. The van der Waals surface area contributed by atoms with Gasteiger partial charge in [0.2, 0.25) is 0 Å². The molecule has 0 saturated heterocycles. The Morgan fingerprint density at radius 1 is 1.26 bits per heavy atom. The van der Waals surface area contributed by atoms with E-state index in [0.29, 0.717) is 32.0 Å². The summed E-state index contributed by atoms with van der Waals surface area (Å²) in [5, 5.41) is 0. The van der Waals surface area contributed by atoms with Crippen molar-refractivity contribution < 1.29 is 13.9 Å². The number of nitrogens with two attached hydrogens (primary N) is 1. The van der Waals surface area contributed by atoms with Crippen molar-refractivity contribution in [1.29, 1.82) is 0 Å². The summed E-state index contributed by atoms with van der Waals surface area (Å²) in [5.41, 5.74) is 6.55. The Bertz CT molecular complexity index is 421. The molecule has 0 unspecified atom stereocenters. The van der Waals surface area contributed by atoms with E-state index in [1.54, 1.807) is 26.4 Å². The number of halogens is 1. The van der Waals surface area contributed by atoms with Gasteiger partial charge in [-0.15, -0.1) is 0 Å². The van der Waals surface area contributed by atoms with Crippen molar-refractivity contribution >= 4 is 22.9 Å². The predicted molar refractivity (Wildman–Crippen MR) is 78.3 cm³/mol. The Morgan fingerprint density at radius 2 is 1.84 bits per heavy atom. The monoisotopic (exact) mass is 286 g/mol. The van der Waals surface area contributed by atoms with E-state index in [1.165, 1.54) is 6.07 Å². The number of methoxy groups -OCH3 is 2. The SMILES string of the molecule is COCCN(CCOC)c1cccc(F)c1C(N)=S. The van der Waals surface area contributed by atoms with Crippen molar-refractivity contribution in [2.24, 2.45) is 5.73 Å². The van der Waals surface area contributed by atoms with Crippen LogP contribution in [0.15, 0.2) is 18.2 Å². The molecule has 6 heteroatoms. The van der Waals surface area contributed by atoms with Crippen LogP contribution in [-0.4, -0.2) is 45.5 Å². The lowest BCUT2D eigenvalue weighted by atomic mass is 10.1. The van der Waals surface area contributed by atoms with Gasteiger partial charge in [-0.25, -0.2) is 4.39 Å². The first-order chi connectivity index (χ1) is 9.11. The van der Waals surface area contributed by atoms with E-state index in [2.05, 4.69) is 0 Å². The number of rotatable bonds is 8. The van der Waals surface area contributed by atoms with Crippen molar-refractivity contribution in [2.75, 3.05) is 45.4 Å². The average molecular weight is 286 g/mol. The van der Waals surface area contributed by atoms with Crippen molar-refractivity contribution in [3.8, 4) is 0 Å². The summed E-state index contributed by atoms with van der Waals surface area (Å²) >= 11 is 4.93. The van der Waals surface area contributed by atoms with Crippen LogP contribution in [-0.2, 0) is 9.47 Å². The number of ether oxygens (including phenoxy) is 2. The van der Waals surface area contributed by atoms with Gasteiger partial charge in [-0.05, 0) is 12.1 Å². The first-order valence-corrected chi connectivity index (χ1v) is 6.33. The topological polar surface area (TPSA) is 47.7 Å². The molecular formula is C13H19FN2O2S. The highest BCUT2D eigenvalue weighted by Gasteiger charge is 2.16. The molecule has 0 aliphatic rings. The number of thiocarbonyl (C=S) groups is 1. The summed E-state index contributed by atoms with van der Waals surface area (Å²) in [6, 6.07) is 4.78. The molecule has 1 aromatic rings. The number of hydrogen-bond donors (Lipinski definition) is 1. The molecule has 4 nitrogen and oxygen atoms in total. The van der Waals surface area contributed by atoms with E-state index in [1.807, 2.05) is 4.90 Å². The van der Waals surface area contributed by atoms with E-state index in [-0.39, 0.29) is 10.6 Å². The van der Waals surface area contributed by atoms with Crippen LogP contribution in [0.3, 0.4) is 0 Å². The molecule has 0 spiro atoms. The van der Waals surface area contributed by atoms with Crippen LogP contribution in [0.1, 0.15) is 5.56 Å². The molecule has 0 radical (unpaired) electrons. The zero-order valence-corrected chi connectivity index (χ0v) is 12.0. The van der Waals surface area contributed by atoms with E-state index < -0.39 is 5.82 Å². The molecule has 0 saturated carbocycles. The third kappa shape index (κ3) is 4.41. The molecule has 0 bridgehead atoms. The van der Waals surface area contributed by atoms with Gasteiger partial charge >= 0.3 is 0 Å². The minimum Gasteiger partial charge on any atom is -0.389 e. The summed E-state index contributed by atoms with van der Waals surface area (Å²) in [4.78, 5) is 2.00. The van der Waals surface area contributed by atoms with Crippen molar-refractivity contribution in [3.63, 3.8) is 0 Å². The molecule has 0 aliphatic heterocycles. The molecule has 1 rings (SSSR count). The summed E-state index contributed by atoms with van der Waals surface area (Å²) in [6.45, 7) is 2.27. The predicted octanol–water partition coefficient (Wildman–Crippen LogP) is 1.56. The molecule has 2 N–H and O–H groups in total. The molecule has 106 valence electrons. The Hall–Kier alpha value is -1.24. The summed E-state index contributed by atoms with van der Waals surface area (Å²) in [5.74, 6) is -0.412. The second-order valence-corrected chi connectivity index (χ2v) is 4.41. The van der Waals surface area contributed by atoms with Gasteiger partial charge in [0.25, 0.3) is 0 Å². The smallest absolute Gasteiger partial charge is 0.135 e. The van der Waals surface area contributed by atoms with Gasteiger partial charge in [0.15, 0.2) is 0 Å². The summed E-state index contributed by atoms with van der Waals surface area (Å²) < 4.78 is 24.0. The van der Waals surface area contributed by atoms with Crippen LogP contribution in [0.2, 0.25) is 0 Å². The molecule has 0 heterocycles. The molecule has 0 aromatic heterocycles. The van der Waals surface area contributed by atoms with E-state index >= 15 is 0 Å². The van der Waals surface area contributed by atoms with Crippen molar-refractivity contribution in [1.82, 2.24) is 0 Å². The fourth-order valence-electron chi connectivity index (χ4n) is 1.78. The quantitative estimate of drug-likeness (QED) is 0.735. The number of nitrogens with zero attached hydrogens (tertiary/aromatic N) is 1. The maximum atomic E-state index is 13.8. The third-order valence-corrected chi connectivity index (χ3v) is 2.91. The lowest BCUT2D eigenvalue weighted by molar-refractivity contribution is 0.190. The second-order valence-electron chi connectivity index (χ2n) is 3.97. The molecule has 0 aliphatic carbocycles. The number of hydrogen-bond acceptors (Lipinski definition) is 4. The van der Waals surface area contributed by atoms with E-state index in [0.717, 1.165) is 0 Å². The highest BCUT2D eigenvalue weighted by molar-refractivity contribution is 7.80. The standard InChI is InChI=1S/C13H19FN2O2S/c1-17-8-6-16(7-9-18-2)11-5-3-4-10(14)12(11)13(15)19/h3-5H,6-9H2,1-2H3,(H2,15,19). The van der Waals surface area contributed by atoms with Gasteiger partial charge in [0.1, 0.15) is 10.8 Å². The summed E-state index contributed by atoms with van der Waals surface area (Å²) in [7, 11) is 3.24. The molecule has 19 heavy (non-hydrogen) atoms. The Morgan fingerprint density at radius 3 is 2.32 bits per heavy atom. The van der Waals surface area contributed by atoms with E-state index in [9.17, 15) is 4.39 Å². The number of anilines is 1. The van der Waals surface area contributed by atoms with E-state index in [4.69, 9.17) is 27.4 Å². The maximum absolute atomic E-state index is 13.8. The van der Waals surface area contributed by atoms with Gasteiger partial charge in [-0.3, -0.25) is 0 Å². The van der Waals surface area contributed by atoms with Crippen LogP contribution >= 0.6 is 12.2 Å². The van der Waals surface area contributed by atoms with Crippen LogP contribution in [0, 0.1) is 5.82 Å². The Labute approximate surface area is 118 Å². The normalized spacial score (nSPS) is 10.5. The van der Waals surface area contributed by atoms with Crippen LogP contribution in [0.25, 0.3) is 0 Å². The Kier molecular flexibility index (Phi) is 6.69. The van der Waals surface area contributed by atoms with Crippen LogP contribution in [0.5, 0.6) is 0 Å². The Balaban J connectivity index is 3.06. The first-order valence-electron chi connectivity index (χ1n) is 5.93. The number of benzene rings is 1. The average Bonchev–Trinajstić information content (AvgIpc) is 2.38. The van der Waals surface area contributed by atoms with Gasteiger partial charge in [0, 0.05) is 27.3 Å². The van der Waals surface area contributed by atoms with Gasteiger partial charge in [0.05, 0.1) is 24.5 Å². The first kappa shape index (κ1) is 15.8. The fraction of sp³-hybridized carbons (Fsp3) is 0.462. The van der Waals surface area contributed by atoms with Crippen molar-refractivity contribution in [2.45, 2.75) is 0 Å². The molecule has 1 aromatic carbocycles. The van der Waals surface area contributed by atoms with Gasteiger partial charge in [-0.2, -0.15) is 0 Å². The van der Waals surface area contributed by atoms with Crippen LogP contribution in [0.4, 0.5) is 10.1 Å². The molecule has 0 atom stereocenters. The third-order valence-electron chi connectivity index (χ3n) is 2.71. The molecular weight excluding hydrogens is 267 g/mol. The van der Waals surface area contributed by atoms with Crippen LogP contribution < -0.4 is 10.6 Å². The fourth-order valence-corrected chi connectivity index (χ4v) is 1.98. The van der Waals surface area contributed by atoms with Gasteiger partial charge in [-0.1, -0.05) is 18.3 Å². The molecule has 0 amide bonds. The minimum atomic E-state index is -0.412. The largest absolute Gasteiger partial charge is 0.389 e. The lowest BCUT2D eigenvalue weighted by Gasteiger charge is -2.26. The highest BCUT2D eigenvalue weighted by atomic mass is 32.1. The minimum absolute atomic E-state index is 0.0490. The second kappa shape index (κ2) is 8.04. The molecule has 0 fully saturated rings. The lowest BCUT2D eigenvalue weighted by Crippen LogP contribution is -2.32. The maximum Gasteiger partial charge on any atom is 0.135 e. The zero-order valence-electron chi connectivity index (χ0n) is 11.2. The van der Waals surface area contributed by atoms with Crippen molar-refractivity contribution in [3.05, 3.63) is 29.6 Å².